The Morgan fingerprint density at radius 3 is 2.67 bits per heavy atom. The lowest BCUT2D eigenvalue weighted by molar-refractivity contribution is 1.32. The summed E-state index contributed by atoms with van der Waals surface area (Å²) in [7, 11) is 0. The van der Waals surface area contributed by atoms with E-state index >= 15 is 0 Å². The number of nitrogens with one attached hydrogen (secondary N) is 1. The highest BCUT2D eigenvalue weighted by Crippen LogP contribution is 2.27. The number of benzene rings is 2. The van der Waals surface area contributed by atoms with Crippen molar-refractivity contribution in [3.8, 4) is 11.4 Å². The molecule has 3 nitrogen and oxygen atoms in total. The zero-order valence-corrected chi connectivity index (χ0v) is 12.0. The van der Waals surface area contributed by atoms with Gasteiger partial charge in [0.1, 0.15) is 5.82 Å². The molecule has 0 saturated carbocycles. The molecular weight excluding hydrogens is 258 g/mol. The molecule has 2 aromatic heterocycles. The first-order chi connectivity index (χ1) is 10.2. The monoisotopic (exact) mass is 273 g/mol. The second-order valence-electron chi connectivity index (χ2n) is 5.42. The van der Waals surface area contributed by atoms with E-state index in [0.717, 1.165) is 33.3 Å². The number of aryl methyl sites for hydroxylation is 2. The fraction of sp³-hybridized carbons (Fsp3) is 0.111. The number of hydrogen-bond donors (Lipinski definition) is 1. The van der Waals surface area contributed by atoms with Crippen molar-refractivity contribution in [2.75, 3.05) is 0 Å². The number of H-pyrrole nitrogens is 1. The second-order valence-corrected chi connectivity index (χ2v) is 5.42. The fourth-order valence-electron chi connectivity index (χ4n) is 2.69. The van der Waals surface area contributed by atoms with Crippen LogP contribution in [0.3, 0.4) is 0 Å². The largest absolute Gasteiger partial charge is 0.338 e. The maximum Gasteiger partial charge on any atom is 0.140 e. The molecule has 0 unspecified atom stereocenters. The Bertz CT molecular complexity index is 922. The molecule has 0 fully saturated rings. The third kappa shape index (κ3) is 1.89. The van der Waals surface area contributed by atoms with Gasteiger partial charge in [0.2, 0.25) is 0 Å². The Kier molecular flexibility index (Phi) is 2.54. The number of hydrogen-bond acceptors (Lipinski definition) is 2. The van der Waals surface area contributed by atoms with Gasteiger partial charge in [0.05, 0.1) is 16.6 Å². The Labute approximate surface area is 122 Å². The van der Waals surface area contributed by atoms with Crippen molar-refractivity contribution in [1.82, 2.24) is 15.0 Å². The highest BCUT2D eigenvalue weighted by atomic mass is 14.9. The first-order valence-electron chi connectivity index (χ1n) is 7.03. The Hall–Kier alpha value is -2.68. The number of aromatic amines is 1. The lowest BCUT2D eigenvalue weighted by atomic mass is 10.1. The van der Waals surface area contributed by atoms with Gasteiger partial charge in [-0.1, -0.05) is 18.2 Å². The lowest BCUT2D eigenvalue weighted by Gasteiger charge is -2.01. The van der Waals surface area contributed by atoms with Gasteiger partial charge in [-0.25, -0.2) is 4.98 Å². The maximum atomic E-state index is 4.74. The molecule has 2 aromatic carbocycles. The SMILES string of the molecule is Cc1cc2nc(-c3cccc4cccnc34)[nH]c2cc1C. The van der Waals surface area contributed by atoms with Gasteiger partial charge in [0.15, 0.2) is 0 Å². The summed E-state index contributed by atoms with van der Waals surface area (Å²) in [5.74, 6) is 0.874. The molecule has 2 heterocycles. The number of pyridine rings is 1. The van der Waals surface area contributed by atoms with E-state index in [2.05, 4.69) is 54.1 Å². The maximum absolute atomic E-state index is 4.74. The standard InChI is InChI=1S/C18H15N3/c1-11-9-15-16(10-12(11)2)21-18(20-15)14-7-3-5-13-6-4-8-19-17(13)14/h3-10H,1-2H3,(H,20,21). The van der Waals surface area contributed by atoms with Crippen molar-refractivity contribution in [1.29, 1.82) is 0 Å². The second kappa shape index (κ2) is 4.42. The molecule has 0 aliphatic rings. The molecule has 3 heteroatoms. The van der Waals surface area contributed by atoms with Crippen LogP contribution < -0.4 is 0 Å². The summed E-state index contributed by atoms with van der Waals surface area (Å²) in [4.78, 5) is 12.7. The summed E-state index contributed by atoms with van der Waals surface area (Å²) < 4.78 is 0. The normalized spacial score (nSPS) is 11.3. The Balaban J connectivity index is 2.00. The highest BCUT2D eigenvalue weighted by Gasteiger charge is 2.10. The first kappa shape index (κ1) is 12.1. The summed E-state index contributed by atoms with van der Waals surface area (Å²) in [6.45, 7) is 4.23. The minimum atomic E-state index is 0.874. The molecule has 21 heavy (non-hydrogen) atoms. The molecule has 102 valence electrons. The van der Waals surface area contributed by atoms with Crippen molar-refractivity contribution >= 4 is 21.9 Å². The number of rotatable bonds is 1. The topological polar surface area (TPSA) is 41.6 Å². The number of imidazole rings is 1. The third-order valence-corrected chi connectivity index (χ3v) is 3.99. The molecular formula is C18H15N3. The molecule has 0 spiro atoms. The van der Waals surface area contributed by atoms with Gasteiger partial charge in [0, 0.05) is 17.1 Å². The van der Waals surface area contributed by atoms with Gasteiger partial charge < -0.3 is 4.98 Å². The summed E-state index contributed by atoms with van der Waals surface area (Å²) >= 11 is 0. The van der Waals surface area contributed by atoms with E-state index in [1.165, 1.54) is 11.1 Å². The number of nitrogens with zero attached hydrogens (tertiary/aromatic N) is 2. The van der Waals surface area contributed by atoms with Gasteiger partial charge in [0.25, 0.3) is 0 Å². The quantitative estimate of drug-likeness (QED) is 0.558. The van der Waals surface area contributed by atoms with Gasteiger partial charge in [-0.2, -0.15) is 0 Å². The van der Waals surface area contributed by atoms with E-state index in [9.17, 15) is 0 Å². The van der Waals surface area contributed by atoms with Gasteiger partial charge in [-0.05, 0) is 49.2 Å². The summed E-state index contributed by atoms with van der Waals surface area (Å²) in [5.41, 5.74) is 6.62. The number of para-hydroxylation sites is 1. The summed E-state index contributed by atoms with van der Waals surface area (Å²) in [5, 5.41) is 1.13. The average molecular weight is 273 g/mol. The zero-order valence-electron chi connectivity index (χ0n) is 12.0. The van der Waals surface area contributed by atoms with Crippen molar-refractivity contribution in [3.63, 3.8) is 0 Å². The van der Waals surface area contributed by atoms with E-state index in [1.807, 2.05) is 18.3 Å². The van der Waals surface area contributed by atoms with Crippen LogP contribution in [0.1, 0.15) is 11.1 Å². The van der Waals surface area contributed by atoms with Crippen molar-refractivity contribution in [3.05, 3.63) is 59.8 Å². The molecule has 0 saturated heterocycles. The van der Waals surface area contributed by atoms with Crippen LogP contribution in [0.5, 0.6) is 0 Å². The predicted octanol–water partition coefficient (Wildman–Crippen LogP) is 4.39. The van der Waals surface area contributed by atoms with E-state index in [0.29, 0.717) is 0 Å². The van der Waals surface area contributed by atoms with Crippen LogP contribution in [0.4, 0.5) is 0 Å². The molecule has 4 rings (SSSR count). The molecule has 0 radical (unpaired) electrons. The van der Waals surface area contributed by atoms with Crippen molar-refractivity contribution in [2.24, 2.45) is 0 Å². The van der Waals surface area contributed by atoms with Crippen LogP contribution >= 0.6 is 0 Å². The van der Waals surface area contributed by atoms with E-state index in [4.69, 9.17) is 4.98 Å². The first-order valence-corrected chi connectivity index (χ1v) is 7.03. The zero-order chi connectivity index (χ0) is 14.4. The lowest BCUT2D eigenvalue weighted by Crippen LogP contribution is -1.85. The highest BCUT2D eigenvalue weighted by molar-refractivity contribution is 5.93. The molecule has 0 atom stereocenters. The summed E-state index contributed by atoms with van der Waals surface area (Å²) in [6, 6.07) is 14.5. The number of fused-ring (bicyclic) bond motifs is 2. The van der Waals surface area contributed by atoms with Crippen molar-refractivity contribution in [2.45, 2.75) is 13.8 Å². The predicted molar refractivity (Wildman–Crippen MR) is 86.3 cm³/mol. The molecule has 0 aliphatic carbocycles. The van der Waals surface area contributed by atoms with Crippen LogP contribution in [0.25, 0.3) is 33.3 Å². The third-order valence-electron chi connectivity index (χ3n) is 3.99. The van der Waals surface area contributed by atoms with E-state index < -0.39 is 0 Å². The van der Waals surface area contributed by atoms with Gasteiger partial charge in [-0.15, -0.1) is 0 Å². The molecule has 1 N–H and O–H groups in total. The molecule has 4 aromatic rings. The van der Waals surface area contributed by atoms with Gasteiger partial charge in [-0.3, -0.25) is 4.98 Å². The molecule has 0 amide bonds. The van der Waals surface area contributed by atoms with Crippen LogP contribution in [-0.2, 0) is 0 Å². The smallest absolute Gasteiger partial charge is 0.140 e. The van der Waals surface area contributed by atoms with Gasteiger partial charge >= 0.3 is 0 Å². The van der Waals surface area contributed by atoms with E-state index in [1.54, 1.807) is 0 Å². The van der Waals surface area contributed by atoms with Crippen LogP contribution in [-0.4, -0.2) is 15.0 Å². The fourth-order valence-corrected chi connectivity index (χ4v) is 2.69. The minimum Gasteiger partial charge on any atom is -0.338 e. The average Bonchev–Trinajstić information content (AvgIpc) is 2.90. The van der Waals surface area contributed by atoms with Crippen molar-refractivity contribution < 1.29 is 0 Å². The molecule has 0 aliphatic heterocycles. The van der Waals surface area contributed by atoms with Crippen LogP contribution in [0.2, 0.25) is 0 Å². The molecule has 0 bridgehead atoms. The van der Waals surface area contributed by atoms with Crippen LogP contribution in [0, 0.1) is 13.8 Å². The minimum absolute atomic E-state index is 0.874. The van der Waals surface area contributed by atoms with E-state index in [-0.39, 0.29) is 0 Å². The summed E-state index contributed by atoms with van der Waals surface area (Å²) in [6.07, 6.45) is 1.82. The Morgan fingerprint density at radius 2 is 1.76 bits per heavy atom. The van der Waals surface area contributed by atoms with Crippen LogP contribution in [0.15, 0.2) is 48.7 Å². The Morgan fingerprint density at radius 1 is 0.952 bits per heavy atom. The number of aromatic nitrogens is 3.